The van der Waals surface area contributed by atoms with E-state index >= 15 is 0 Å². The van der Waals surface area contributed by atoms with Crippen molar-refractivity contribution in [2.24, 2.45) is 5.73 Å². The minimum atomic E-state index is 0.000741. The lowest BCUT2D eigenvalue weighted by atomic mass is 10.0. The number of ether oxygens (including phenoxy) is 2. The van der Waals surface area contributed by atoms with Crippen molar-refractivity contribution in [3.63, 3.8) is 0 Å². The molecule has 0 aliphatic carbocycles. The third-order valence-electron chi connectivity index (χ3n) is 2.38. The SMILES string of the molecule is Cc1c(C(C)N)cc(Br)c2c1OCO2. The van der Waals surface area contributed by atoms with Crippen LogP contribution in [0.15, 0.2) is 10.5 Å². The van der Waals surface area contributed by atoms with Crippen molar-refractivity contribution in [1.82, 2.24) is 0 Å². The van der Waals surface area contributed by atoms with Crippen molar-refractivity contribution in [2.75, 3.05) is 6.79 Å². The summed E-state index contributed by atoms with van der Waals surface area (Å²) in [6.45, 7) is 4.24. The molecule has 1 aliphatic heterocycles. The van der Waals surface area contributed by atoms with Gasteiger partial charge in [-0.3, -0.25) is 0 Å². The zero-order valence-corrected chi connectivity index (χ0v) is 9.72. The van der Waals surface area contributed by atoms with Gasteiger partial charge in [-0.1, -0.05) is 0 Å². The lowest BCUT2D eigenvalue weighted by Gasteiger charge is -2.12. The Hall–Kier alpha value is -0.740. The number of hydrogen-bond donors (Lipinski definition) is 1. The minimum Gasteiger partial charge on any atom is -0.453 e. The summed E-state index contributed by atoms with van der Waals surface area (Å²) in [5.74, 6) is 1.60. The van der Waals surface area contributed by atoms with Gasteiger partial charge in [-0.2, -0.15) is 0 Å². The maximum absolute atomic E-state index is 5.86. The molecule has 2 N–H and O–H groups in total. The van der Waals surface area contributed by atoms with Gasteiger partial charge in [0.2, 0.25) is 6.79 Å². The van der Waals surface area contributed by atoms with Crippen molar-refractivity contribution >= 4 is 15.9 Å². The Morgan fingerprint density at radius 3 is 2.71 bits per heavy atom. The van der Waals surface area contributed by atoms with Gasteiger partial charge in [-0.05, 0) is 47.0 Å². The Morgan fingerprint density at radius 2 is 2.07 bits per heavy atom. The molecule has 1 aliphatic rings. The normalized spacial score (nSPS) is 15.7. The maximum Gasteiger partial charge on any atom is 0.231 e. The van der Waals surface area contributed by atoms with E-state index in [-0.39, 0.29) is 12.8 Å². The lowest BCUT2D eigenvalue weighted by molar-refractivity contribution is 0.173. The first-order valence-corrected chi connectivity index (χ1v) is 5.24. The molecule has 2 rings (SSSR count). The molecule has 14 heavy (non-hydrogen) atoms. The Kier molecular flexibility index (Phi) is 2.41. The topological polar surface area (TPSA) is 44.5 Å². The van der Waals surface area contributed by atoms with Crippen molar-refractivity contribution in [1.29, 1.82) is 0 Å². The van der Waals surface area contributed by atoms with Crippen LogP contribution in [0.2, 0.25) is 0 Å². The van der Waals surface area contributed by atoms with E-state index in [0.29, 0.717) is 0 Å². The number of hydrogen-bond acceptors (Lipinski definition) is 3. The van der Waals surface area contributed by atoms with E-state index in [1.807, 2.05) is 19.9 Å². The highest BCUT2D eigenvalue weighted by Crippen LogP contribution is 2.44. The molecule has 0 fully saturated rings. The van der Waals surface area contributed by atoms with Gasteiger partial charge >= 0.3 is 0 Å². The predicted octanol–water partition coefficient (Wildman–Crippen LogP) is 2.51. The van der Waals surface area contributed by atoms with Crippen LogP contribution in [0.3, 0.4) is 0 Å². The van der Waals surface area contributed by atoms with Crippen LogP contribution in [0.5, 0.6) is 11.5 Å². The van der Waals surface area contributed by atoms with Gasteiger partial charge in [0.1, 0.15) is 0 Å². The molecule has 4 heteroatoms. The fourth-order valence-electron chi connectivity index (χ4n) is 1.65. The highest BCUT2D eigenvalue weighted by Gasteiger charge is 2.22. The van der Waals surface area contributed by atoms with Crippen molar-refractivity contribution in [3.8, 4) is 11.5 Å². The van der Waals surface area contributed by atoms with Gasteiger partial charge in [0.25, 0.3) is 0 Å². The molecule has 3 nitrogen and oxygen atoms in total. The second kappa shape index (κ2) is 3.44. The van der Waals surface area contributed by atoms with Crippen LogP contribution in [0.25, 0.3) is 0 Å². The summed E-state index contributed by atoms with van der Waals surface area (Å²) in [7, 11) is 0. The van der Waals surface area contributed by atoms with Gasteiger partial charge in [0, 0.05) is 6.04 Å². The molecule has 0 bridgehead atoms. The highest BCUT2D eigenvalue weighted by atomic mass is 79.9. The second-order valence-electron chi connectivity index (χ2n) is 3.43. The van der Waals surface area contributed by atoms with E-state index in [1.54, 1.807) is 0 Å². The molecule has 1 aromatic rings. The molecule has 0 spiro atoms. The molecule has 1 heterocycles. The molecule has 0 saturated heterocycles. The van der Waals surface area contributed by atoms with Crippen LogP contribution < -0.4 is 15.2 Å². The molecular formula is C10H12BrNO2. The zero-order valence-electron chi connectivity index (χ0n) is 8.13. The van der Waals surface area contributed by atoms with Gasteiger partial charge in [0.05, 0.1) is 4.47 Å². The summed E-state index contributed by atoms with van der Waals surface area (Å²) in [5.41, 5.74) is 8.01. The van der Waals surface area contributed by atoms with Gasteiger partial charge in [0.15, 0.2) is 11.5 Å². The number of nitrogens with two attached hydrogens (primary N) is 1. The van der Waals surface area contributed by atoms with Crippen LogP contribution in [-0.2, 0) is 0 Å². The second-order valence-corrected chi connectivity index (χ2v) is 4.28. The number of rotatable bonds is 1. The Bertz CT molecular complexity index is 377. The molecule has 1 aromatic carbocycles. The fraction of sp³-hybridized carbons (Fsp3) is 0.400. The molecular weight excluding hydrogens is 246 g/mol. The first kappa shape index (κ1) is 9.80. The van der Waals surface area contributed by atoms with Gasteiger partial charge < -0.3 is 15.2 Å². The van der Waals surface area contributed by atoms with Crippen molar-refractivity contribution in [2.45, 2.75) is 19.9 Å². The number of benzene rings is 1. The minimum absolute atomic E-state index is 0.000741. The molecule has 76 valence electrons. The highest BCUT2D eigenvalue weighted by molar-refractivity contribution is 9.10. The molecule has 0 radical (unpaired) electrons. The third-order valence-corrected chi connectivity index (χ3v) is 2.97. The van der Waals surface area contributed by atoms with Crippen molar-refractivity contribution in [3.05, 3.63) is 21.7 Å². The van der Waals surface area contributed by atoms with E-state index in [9.17, 15) is 0 Å². The molecule has 1 unspecified atom stereocenters. The standard InChI is InChI=1S/C10H12BrNO2/c1-5-7(6(2)12)3-8(11)10-9(5)13-4-14-10/h3,6H,4,12H2,1-2H3. The summed E-state index contributed by atoms with van der Waals surface area (Å²) < 4.78 is 11.6. The van der Waals surface area contributed by atoms with Gasteiger partial charge in [-0.25, -0.2) is 0 Å². The van der Waals surface area contributed by atoms with E-state index in [0.717, 1.165) is 27.1 Å². The van der Waals surface area contributed by atoms with Crippen LogP contribution in [0.1, 0.15) is 24.1 Å². The first-order valence-electron chi connectivity index (χ1n) is 4.45. The average Bonchev–Trinajstić information content (AvgIpc) is 2.59. The van der Waals surface area contributed by atoms with Crippen LogP contribution >= 0.6 is 15.9 Å². The summed E-state index contributed by atoms with van der Waals surface area (Å²) in [6, 6.07) is 1.99. The van der Waals surface area contributed by atoms with E-state index in [2.05, 4.69) is 15.9 Å². The lowest BCUT2D eigenvalue weighted by Crippen LogP contribution is -2.07. The average molecular weight is 258 g/mol. The largest absolute Gasteiger partial charge is 0.453 e. The van der Waals surface area contributed by atoms with Crippen LogP contribution in [0, 0.1) is 6.92 Å². The number of halogens is 1. The first-order chi connectivity index (χ1) is 6.61. The molecule has 0 saturated carbocycles. The van der Waals surface area contributed by atoms with E-state index < -0.39 is 0 Å². The zero-order chi connectivity index (χ0) is 10.3. The predicted molar refractivity (Wildman–Crippen MR) is 57.6 cm³/mol. The fourth-order valence-corrected chi connectivity index (χ4v) is 2.19. The number of fused-ring (bicyclic) bond motifs is 1. The Labute approximate surface area is 91.3 Å². The van der Waals surface area contributed by atoms with Crippen LogP contribution in [0.4, 0.5) is 0 Å². The van der Waals surface area contributed by atoms with Gasteiger partial charge in [-0.15, -0.1) is 0 Å². The summed E-state index contributed by atoms with van der Waals surface area (Å²) in [6.07, 6.45) is 0. The van der Waals surface area contributed by atoms with E-state index in [4.69, 9.17) is 15.2 Å². The Balaban J connectivity index is 2.62. The summed E-state index contributed by atoms with van der Waals surface area (Å²) in [4.78, 5) is 0. The van der Waals surface area contributed by atoms with E-state index in [1.165, 1.54) is 0 Å². The third kappa shape index (κ3) is 1.38. The van der Waals surface area contributed by atoms with Crippen LogP contribution in [-0.4, -0.2) is 6.79 Å². The molecule has 0 amide bonds. The quantitative estimate of drug-likeness (QED) is 0.841. The molecule has 1 atom stereocenters. The van der Waals surface area contributed by atoms with Crippen molar-refractivity contribution < 1.29 is 9.47 Å². The molecule has 0 aromatic heterocycles. The Morgan fingerprint density at radius 1 is 1.43 bits per heavy atom. The summed E-state index contributed by atoms with van der Waals surface area (Å²) >= 11 is 3.44. The smallest absolute Gasteiger partial charge is 0.231 e. The summed E-state index contributed by atoms with van der Waals surface area (Å²) in [5, 5.41) is 0. The monoisotopic (exact) mass is 257 g/mol. The maximum atomic E-state index is 5.86.